The van der Waals surface area contributed by atoms with Crippen LogP contribution in [-0.4, -0.2) is 73.5 Å². The van der Waals surface area contributed by atoms with Gasteiger partial charge in [-0.05, 0) is 44.1 Å². The molecule has 1 saturated carbocycles. The number of nitrogens with one attached hydrogen (secondary N) is 1. The minimum Gasteiger partial charge on any atom is -0.467 e. The second-order valence-electron chi connectivity index (χ2n) is 8.25. The first-order valence-corrected chi connectivity index (χ1v) is 10.6. The highest BCUT2D eigenvalue weighted by Crippen LogP contribution is 2.30. The molecule has 0 amide bonds. The first-order valence-electron chi connectivity index (χ1n) is 10.6. The summed E-state index contributed by atoms with van der Waals surface area (Å²) in [6.45, 7) is 3.86. The number of aliphatic hydroxyl groups is 2. The first kappa shape index (κ1) is 22.0. The number of ether oxygens (including phenoxy) is 4. The lowest BCUT2D eigenvalue weighted by Gasteiger charge is -2.38. The van der Waals surface area contributed by atoms with Crippen molar-refractivity contribution in [1.82, 2.24) is 5.32 Å². The third kappa shape index (κ3) is 6.38. The van der Waals surface area contributed by atoms with Gasteiger partial charge in [-0.2, -0.15) is 0 Å². The van der Waals surface area contributed by atoms with Crippen molar-refractivity contribution >= 4 is 0 Å². The first-order chi connectivity index (χ1) is 13.5. The molecule has 1 aliphatic carbocycles. The topological polar surface area (TPSA) is 115 Å². The average molecular weight is 401 g/mol. The molecule has 2 heterocycles. The van der Waals surface area contributed by atoms with Crippen LogP contribution in [0.2, 0.25) is 0 Å². The van der Waals surface area contributed by atoms with Crippen LogP contribution in [0.3, 0.4) is 0 Å². The Morgan fingerprint density at radius 2 is 1.96 bits per heavy atom. The van der Waals surface area contributed by atoms with Gasteiger partial charge in [-0.3, -0.25) is 0 Å². The molecule has 8 nitrogen and oxygen atoms in total. The van der Waals surface area contributed by atoms with Crippen LogP contribution >= 0.6 is 0 Å². The smallest absolute Gasteiger partial charge is 0.215 e. The van der Waals surface area contributed by atoms with Crippen LogP contribution in [-0.2, 0) is 18.9 Å². The van der Waals surface area contributed by atoms with Crippen molar-refractivity contribution in [3.63, 3.8) is 0 Å². The zero-order valence-corrected chi connectivity index (χ0v) is 16.8. The standard InChI is InChI=1S/C20H36N2O6/c1-13-9-18(24)20(25-12-13)27-15-4-2-3-14(10-15)26-19-17(21)6-5-16(28-19)11-22-7-8-23/h5,13-15,17-20,22-24H,2-4,6-12,21H2,1H3. The van der Waals surface area contributed by atoms with Gasteiger partial charge in [-0.1, -0.05) is 6.92 Å². The fourth-order valence-corrected chi connectivity index (χ4v) is 4.02. The summed E-state index contributed by atoms with van der Waals surface area (Å²) in [5.41, 5.74) is 6.19. The molecule has 28 heavy (non-hydrogen) atoms. The summed E-state index contributed by atoms with van der Waals surface area (Å²) < 4.78 is 23.9. The Morgan fingerprint density at radius 3 is 2.68 bits per heavy atom. The highest BCUT2D eigenvalue weighted by Gasteiger charge is 2.35. The van der Waals surface area contributed by atoms with Crippen molar-refractivity contribution in [1.29, 1.82) is 0 Å². The second kappa shape index (κ2) is 10.9. The van der Waals surface area contributed by atoms with Gasteiger partial charge in [0.25, 0.3) is 0 Å². The molecule has 0 aromatic carbocycles. The summed E-state index contributed by atoms with van der Waals surface area (Å²) in [7, 11) is 0. The van der Waals surface area contributed by atoms with Crippen molar-refractivity contribution < 1.29 is 29.2 Å². The van der Waals surface area contributed by atoms with Gasteiger partial charge in [0, 0.05) is 13.0 Å². The Kier molecular flexibility index (Phi) is 8.52. The molecule has 3 aliphatic rings. The molecule has 0 bridgehead atoms. The van der Waals surface area contributed by atoms with Crippen LogP contribution in [0.4, 0.5) is 0 Å². The molecule has 1 saturated heterocycles. The molecular weight excluding hydrogens is 364 g/mol. The van der Waals surface area contributed by atoms with Gasteiger partial charge >= 0.3 is 0 Å². The SMILES string of the molecule is CC1COC(OC2CCCC(OC3OC(CNCCO)=CCC3N)C2)C(O)C1. The lowest BCUT2D eigenvalue weighted by atomic mass is 9.94. The quantitative estimate of drug-likeness (QED) is 0.438. The molecule has 0 aromatic rings. The van der Waals surface area contributed by atoms with Crippen LogP contribution in [0, 0.1) is 5.92 Å². The zero-order valence-electron chi connectivity index (χ0n) is 16.8. The Labute approximate surface area is 167 Å². The average Bonchev–Trinajstić information content (AvgIpc) is 2.67. The molecule has 0 aromatic heterocycles. The van der Waals surface area contributed by atoms with E-state index >= 15 is 0 Å². The van der Waals surface area contributed by atoms with E-state index in [0.717, 1.165) is 31.4 Å². The van der Waals surface area contributed by atoms with Gasteiger partial charge in [0.05, 0.1) is 38.0 Å². The molecule has 0 radical (unpaired) electrons. The van der Waals surface area contributed by atoms with Gasteiger partial charge in [-0.25, -0.2) is 0 Å². The van der Waals surface area contributed by atoms with Crippen molar-refractivity contribution in [3.05, 3.63) is 11.8 Å². The van der Waals surface area contributed by atoms with Crippen LogP contribution in [0.5, 0.6) is 0 Å². The lowest BCUT2D eigenvalue weighted by Crippen LogP contribution is -2.46. The third-order valence-electron chi connectivity index (χ3n) is 5.56. The summed E-state index contributed by atoms with van der Waals surface area (Å²) in [6, 6.07) is -0.201. The van der Waals surface area contributed by atoms with E-state index < -0.39 is 18.7 Å². The number of aliphatic hydroxyl groups excluding tert-OH is 2. The van der Waals surface area contributed by atoms with Crippen molar-refractivity contribution in [2.24, 2.45) is 11.7 Å². The Bertz CT molecular complexity index is 505. The highest BCUT2D eigenvalue weighted by molar-refractivity contribution is 5.02. The summed E-state index contributed by atoms with van der Waals surface area (Å²) in [4.78, 5) is 0. The maximum atomic E-state index is 10.2. The number of hydrogen-bond acceptors (Lipinski definition) is 8. The van der Waals surface area contributed by atoms with Crippen molar-refractivity contribution in [2.75, 3.05) is 26.3 Å². The Morgan fingerprint density at radius 1 is 1.21 bits per heavy atom. The molecule has 5 N–H and O–H groups in total. The van der Waals surface area contributed by atoms with Crippen LogP contribution in [0.25, 0.3) is 0 Å². The van der Waals surface area contributed by atoms with Gasteiger partial charge in [-0.15, -0.1) is 0 Å². The molecule has 8 heteroatoms. The summed E-state index contributed by atoms with van der Waals surface area (Å²) >= 11 is 0. The fraction of sp³-hybridized carbons (Fsp3) is 0.900. The Balaban J connectivity index is 1.45. The van der Waals surface area contributed by atoms with Crippen LogP contribution < -0.4 is 11.1 Å². The molecule has 2 fully saturated rings. The fourth-order valence-electron chi connectivity index (χ4n) is 4.02. The summed E-state index contributed by atoms with van der Waals surface area (Å²) in [6.07, 6.45) is 5.45. The van der Waals surface area contributed by atoms with Gasteiger partial charge in [0.1, 0.15) is 11.9 Å². The van der Waals surface area contributed by atoms with Crippen LogP contribution in [0.15, 0.2) is 11.8 Å². The largest absolute Gasteiger partial charge is 0.467 e. The number of nitrogens with two attached hydrogens (primary N) is 1. The van der Waals surface area contributed by atoms with Gasteiger partial charge in [0.15, 0.2) is 6.29 Å². The van der Waals surface area contributed by atoms with E-state index in [-0.39, 0.29) is 24.9 Å². The molecule has 7 unspecified atom stereocenters. The molecular formula is C20H36N2O6. The predicted molar refractivity (Wildman–Crippen MR) is 103 cm³/mol. The maximum absolute atomic E-state index is 10.2. The number of hydrogen-bond donors (Lipinski definition) is 4. The van der Waals surface area contributed by atoms with E-state index in [9.17, 15) is 5.11 Å². The molecule has 162 valence electrons. The third-order valence-corrected chi connectivity index (χ3v) is 5.56. The zero-order chi connectivity index (χ0) is 19.9. The lowest BCUT2D eigenvalue weighted by molar-refractivity contribution is -0.255. The highest BCUT2D eigenvalue weighted by atomic mass is 16.7. The van der Waals surface area contributed by atoms with Crippen molar-refractivity contribution in [2.45, 2.75) is 82.4 Å². The van der Waals surface area contributed by atoms with E-state index in [1.54, 1.807) is 0 Å². The normalized spacial score (nSPS) is 39.3. The number of rotatable bonds is 8. The Hall–Kier alpha value is -0.740. The van der Waals surface area contributed by atoms with E-state index in [0.29, 0.717) is 38.5 Å². The monoisotopic (exact) mass is 400 g/mol. The molecule has 3 rings (SSSR count). The van der Waals surface area contributed by atoms with E-state index in [1.165, 1.54) is 0 Å². The molecule has 2 aliphatic heterocycles. The van der Waals surface area contributed by atoms with Crippen LogP contribution in [0.1, 0.15) is 45.4 Å². The van der Waals surface area contributed by atoms with Crippen molar-refractivity contribution in [3.8, 4) is 0 Å². The second-order valence-corrected chi connectivity index (χ2v) is 8.25. The summed E-state index contributed by atoms with van der Waals surface area (Å²) in [5.74, 6) is 1.16. The maximum Gasteiger partial charge on any atom is 0.215 e. The summed E-state index contributed by atoms with van der Waals surface area (Å²) in [5, 5.41) is 22.2. The molecule has 7 atom stereocenters. The van der Waals surface area contributed by atoms with Gasteiger partial charge < -0.3 is 40.2 Å². The minimum absolute atomic E-state index is 0.00727. The van der Waals surface area contributed by atoms with E-state index in [2.05, 4.69) is 12.2 Å². The van der Waals surface area contributed by atoms with E-state index in [4.69, 9.17) is 29.8 Å². The molecule has 0 spiro atoms. The van der Waals surface area contributed by atoms with Gasteiger partial charge in [0.2, 0.25) is 6.29 Å². The van der Waals surface area contributed by atoms with E-state index in [1.807, 2.05) is 6.08 Å². The minimum atomic E-state index is -0.570. The predicted octanol–water partition coefficient (Wildman–Crippen LogP) is 0.614.